The van der Waals surface area contributed by atoms with E-state index in [9.17, 15) is 9.59 Å². The number of carbonyl (C=O) groups is 2. The molecule has 0 saturated carbocycles. The van der Waals surface area contributed by atoms with Gasteiger partial charge >= 0.3 is 12.1 Å². The minimum atomic E-state index is -1.06. The number of hydrogen-bond donors (Lipinski definition) is 1. The van der Waals surface area contributed by atoms with Gasteiger partial charge in [0.15, 0.2) is 6.10 Å². The van der Waals surface area contributed by atoms with Crippen LogP contribution in [0.2, 0.25) is 0 Å². The molecule has 1 N–H and O–H groups in total. The molecule has 0 bridgehead atoms. The molecule has 1 heterocycles. The third kappa shape index (κ3) is 3.69. The summed E-state index contributed by atoms with van der Waals surface area (Å²) in [4.78, 5) is 27.3. The first-order valence-corrected chi connectivity index (χ1v) is 5.20. The van der Waals surface area contributed by atoms with Crippen LogP contribution in [-0.4, -0.2) is 40.5 Å². The Morgan fingerprint density at radius 1 is 1.44 bits per heavy atom. The Morgan fingerprint density at radius 3 is 2.56 bits per heavy atom. The summed E-state index contributed by atoms with van der Waals surface area (Å²) < 4.78 is 5.07. The fraction of sp³-hybridized carbons (Fsp3) is 0.800. The molecular formula is C10H17NO5. The fourth-order valence-corrected chi connectivity index (χ4v) is 1.30. The normalized spacial score (nSPS) is 21.7. The van der Waals surface area contributed by atoms with E-state index in [1.807, 2.05) is 0 Å². The van der Waals surface area contributed by atoms with E-state index in [0.717, 1.165) is 5.06 Å². The van der Waals surface area contributed by atoms with Gasteiger partial charge in [0.05, 0.1) is 6.54 Å². The zero-order chi connectivity index (χ0) is 12.3. The van der Waals surface area contributed by atoms with Crippen LogP contribution in [0.3, 0.4) is 0 Å². The number of ether oxygens (including phenoxy) is 1. The van der Waals surface area contributed by atoms with E-state index in [2.05, 4.69) is 0 Å². The Bertz CT molecular complexity index is 283. The fourth-order valence-electron chi connectivity index (χ4n) is 1.30. The van der Waals surface area contributed by atoms with E-state index in [0.29, 0.717) is 19.4 Å². The second-order valence-electron chi connectivity index (χ2n) is 4.66. The molecule has 6 heteroatoms. The van der Waals surface area contributed by atoms with E-state index < -0.39 is 23.8 Å². The van der Waals surface area contributed by atoms with Crippen LogP contribution in [0.5, 0.6) is 0 Å². The third-order valence-electron chi connectivity index (χ3n) is 1.95. The second-order valence-corrected chi connectivity index (χ2v) is 4.66. The van der Waals surface area contributed by atoms with E-state index >= 15 is 0 Å². The maximum Gasteiger partial charge on any atom is 0.434 e. The number of aliphatic carboxylic acids is 1. The summed E-state index contributed by atoms with van der Waals surface area (Å²) >= 11 is 0. The molecule has 6 nitrogen and oxygen atoms in total. The van der Waals surface area contributed by atoms with Crippen LogP contribution < -0.4 is 0 Å². The highest BCUT2D eigenvalue weighted by molar-refractivity contribution is 5.73. The lowest BCUT2D eigenvalue weighted by Crippen LogP contribution is -2.45. The summed E-state index contributed by atoms with van der Waals surface area (Å²) in [5.74, 6) is -1.06. The molecule has 0 aliphatic carbocycles. The van der Waals surface area contributed by atoms with Crippen molar-refractivity contribution in [3.8, 4) is 0 Å². The largest absolute Gasteiger partial charge is 0.479 e. The van der Waals surface area contributed by atoms with Crippen molar-refractivity contribution >= 4 is 12.1 Å². The van der Waals surface area contributed by atoms with E-state index in [-0.39, 0.29) is 0 Å². The highest BCUT2D eigenvalue weighted by Crippen LogP contribution is 2.17. The standard InChI is InChI=1S/C10H17NO5/c1-10(2,3)15-9(14)11-6-4-5-7(16-11)8(12)13/h7H,4-6H2,1-3H3,(H,12,13)/t7-/m1/s1. The van der Waals surface area contributed by atoms with Crippen molar-refractivity contribution in [2.24, 2.45) is 0 Å². The van der Waals surface area contributed by atoms with Crippen LogP contribution in [0.4, 0.5) is 4.79 Å². The average Bonchev–Trinajstić information content (AvgIpc) is 2.15. The van der Waals surface area contributed by atoms with Crippen molar-refractivity contribution in [1.29, 1.82) is 0 Å². The molecule has 1 saturated heterocycles. The van der Waals surface area contributed by atoms with Gasteiger partial charge in [-0.2, -0.15) is 5.06 Å². The first kappa shape index (κ1) is 12.8. The van der Waals surface area contributed by atoms with E-state index in [1.54, 1.807) is 20.8 Å². The van der Waals surface area contributed by atoms with Gasteiger partial charge in [-0.3, -0.25) is 4.84 Å². The predicted molar refractivity (Wildman–Crippen MR) is 54.7 cm³/mol. The van der Waals surface area contributed by atoms with Gasteiger partial charge in [0, 0.05) is 0 Å². The Hall–Kier alpha value is -1.30. The van der Waals surface area contributed by atoms with Gasteiger partial charge in [-0.15, -0.1) is 0 Å². The van der Waals surface area contributed by atoms with Gasteiger partial charge in [-0.1, -0.05) is 0 Å². The summed E-state index contributed by atoms with van der Waals surface area (Å²) in [5, 5.41) is 9.75. The van der Waals surface area contributed by atoms with Crippen LogP contribution in [0.15, 0.2) is 0 Å². The summed E-state index contributed by atoms with van der Waals surface area (Å²) in [6, 6.07) is 0. The van der Waals surface area contributed by atoms with Crippen molar-refractivity contribution < 1.29 is 24.3 Å². The smallest absolute Gasteiger partial charge is 0.434 e. The first-order valence-electron chi connectivity index (χ1n) is 5.20. The van der Waals surface area contributed by atoms with E-state index in [1.165, 1.54) is 0 Å². The van der Waals surface area contributed by atoms with Gasteiger partial charge in [0.2, 0.25) is 0 Å². The summed E-state index contributed by atoms with van der Waals surface area (Å²) in [7, 11) is 0. The molecule has 16 heavy (non-hydrogen) atoms. The number of hydrogen-bond acceptors (Lipinski definition) is 4. The molecule has 1 rings (SSSR count). The number of carboxylic acids is 1. The average molecular weight is 231 g/mol. The molecule has 92 valence electrons. The number of carbonyl (C=O) groups excluding carboxylic acids is 1. The quantitative estimate of drug-likeness (QED) is 0.738. The second kappa shape index (κ2) is 4.69. The van der Waals surface area contributed by atoms with Crippen molar-refractivity contribution in [2.75, 3.05) is 6.54 Å². The molecule has 0 aromatic rings. The minimum absolute atomic E-state index is 0.360. The lowest BCUT2D eigenvalue weighted by molar-refractivity contribution is -0.214. The van der Waals surface area contributed by atoms with Crippen LogP contribution in [0.1, 0.15) is 33.6 Å². The van der Waals surface area contributed by atoms with Gasteiger partial charge in [-0.05, 0) is 33.6 Å². The number of rotatable bonds is 1. The van der Waals surface area contributed by atoms with E-state index in [4.69, 9.17) is 14.7 Å². The summed E-state index contributed by atoms with van der Waals surface area (Å²) in [6.45, 7) is 5.58. The first-order chi connectivity index (χ1) is 7.29. The van der Waals surface area contributed by atoms with Crippen molar-refractivity contribution in [2.45, 2.75) is 45.3 Å². The van der Waals surface area contributed by atoms with Gasteiger partial charge in [0.25, 0.3) is 0 Å². The molecular weight excluding hydrogens is 214 g/mol. The van der Waals surface area contributed by atoms with Crippen molar-refractivity contribution in [1.82, 2.24) is 5.06 Å². The van der Waals surface area contributed by atoms with Crippen molar-refractivity contribution in [3.63, 3.8) is 0 Å². The van der Waals surface area contributed by atoms with Crippen LogP contribution >= 0.6 is 0 Å². The van der Waals surface area contributed by atoms with Gasteiger partial charge in [-0.25, -0.2) is 9.59 Å². The SMILES string of the molecule is CC(C)(C)OC(=O)N1CCC[C@H](C(=O)O)O1. The monoisotopic (exact) mass is 231 g/mol. The van der Waals surface area contributed by atoms with Crippen LogP contribution in [0.25, 0.3) is 0 Å². The minimum Gasteiger partial charge on any atom is -0.479 e. The number of nitrogens with zero attached hydrogens (tertiary/aromatic N) is 1. The van der Waals surface area contributed by atoms with Crippen molar-refractivity contribution in [3.05, 3.63) is 0 Å². The van der Waals surface area contributed by atoms with Gasteiger partial charge < -0.3 is 9.84 Å². The summed E-state index contributed by atoms with van der Waals surface area (Å²) in [5.41, 5.74) is -0.614. The Morgan fingerprint density at radius 2 is 2.06 bits per heavy atom. The van der Waals surface area contributed by atoms with Crippen LogP contribution in [-0.2, 0) is 14.4 Å². The highest BCUT2D eigenvalue weighted by Gasteiger charge is 2.32. The lowest BCUT2D eigenvalue weighted by Gasteiger charge is -2.31. The maximum absolute atomic E-state index is 11.6. The predicted octanol–water partition coefficient (Wildman–Crippen LogP) is 1.40. The highest BCUT2D eigenvalue weighted by atomic mass is 16.7. The summed E-state index contributed by atoms with van der Waals surface area (Å²) in [6.07, 6.45) is -0.593. The number of amides is 1. The molecule has 1 aliphatic rings. The maximum atomic E-state index is 11.6. The zero-order valence-corrected chi connectivity index (χ0v) is 9.73. The molecule has 0 aromatic heterocycles. The number of hydroxylamine groups is 2. The molecule has 0 spiro atoms. The molecule has 0 radical (unpaired) electrons. The molecule has 1 fully saturated rings. The Labute approximate surface area is 94.1 Å². The van der Waals surface area contributed by atoms with Gasteiger partial charge in [0.1, 0.15) is 5.60 Å². The lowest BCUT2D eigenvalue weighted by atomic mass is 10.2. The zero-order valence-electron chi connectivity index (χ0n) is 9.73. The Kier molecular flexibility index (Phi) is 3.74. The molecule has 1 atom stereocenters. The molecule has 0 aromatic carbocycles. The third-order valence-corrected chi connectivity index (χ3v) is 1.95. The molecule has 0 unspecified atom stereocenters. The molecule has 1 amide bonds. The topological polar surface area (TPSA) is 76.1 Å². The number of carboxylic acid groups (broad SMARTS) is 1. The van der Waals surface area contributed by atoms with Crippen LogP contribution in [0, 0.1) is 0 Å². The Balaban J connectivity index is 2.54. The molecule has 1 aliphatic heterocycles.